The first-order valence-electron chi connectivity index (χ1n) is 12.8. The maximum atomic E-state index is 13.3. The molecule has 0 atom stereocenters. The number of nitrogens with zero attached hydrogens (tertiary/aromatic N) is 1. The SMILES string of the molecule is COC(=O)c1cc(C)c(NC(=O)c2cc(N3CCC(O[Si](C)(C)C(C)(C)C)CC3)ccc2C)c(C)c1. The molecule has 1 heterocycles. The molecule has 196 valence electrons. The van der Waals surface area contributed by atoms with Crippen molar-refractivity contribution in [1.29, 1.82) is 0 Å². The van der Waals surface area contributed by atoms with E-state index in [0.29, 0.717) is 17.2 Å². The van der Waals surface area contributed by atoms with Crippen LogP contribution in [0.4, 0.5) is 11.4 Å². The Hall–Kier alpha value is -2.64. The highest BCUT2D eigenvalue weighted by molar-refractivity contribution is 6.74. The number of anilines is 2. The lowest BCUT2D eigenvalue weighted by molar-refractivity contribution is 0.0600. The number of nitrogens with one attached hydrogen (secondary N) is 1. The van der Waals surface area contributed by atoms with E-state index in [-0.39, 0.29) is 16.9 Å². The van der Waals surface area contributed by atoms with Crippen molar-refractivity contribution in [3.05, 3.63) is 58.1 Å². The fourth-order valence-electron chi connectivity index (χ4n) is 4.45. The van der Waals surface area contributed by atoms with E-state index in [1.807, 2.05) is 32.9 Å². The molecule has 1 fully saturated rings. The van der Waals surface area contributed by atoms with Gasteiger partial charge in [0.2, 0.25) is 0 Å². The lowest BCUT2D eigenvalue weighted by Gasteiger charge is -2.42. The van der Waals surface area contributed by atoms with Crippen molar-refractivity contribution < 1.29 is 18.8 Å². The van der Waals surface area contributed by atoms with Crippen molar-refractivity contribution in [2.45, 2.75) is 78.6 Å². The van der Waals surface area contributed by atoms with Crippen molar-refractivity contribution in [3.8, 4) is 0 Å². The first-order valence-corrected chi connectivity index (χ1v) is 15.7. The first-order chi connectivity index (χ1) is 16.7. The van der Waals surface area contributed by atoms with Crippen molar-refractivity contribution in [1.82, 2.24) is 0 Å². The Morgan fingerprint density at radius 1 is 0.972 bits per heavy atom. The van der Waals surface area contributed by atoms with Crippen LogP contribution in [-0.4, -0.2) is 46.5 Å². The van der Waals surface area contributed by atoms with Gasteiger partial charge in [-0.15, -0.1) is 0 Å². The molecule has 0 unspecified atom stereocenters. The van der Waals surface area contributed by atoms with Gasteiger partial charge < -0.3 is 19.4 Å². The highest BCUT2D eigenvalue weighted by Gasteiger charge is 2.39. The van der Waals surface area contributed by atoms with Gasteiger partial charge in [0.1, 0.15) is 0 Å². The quantitative estimate of drug-likeness (QED) is 0.348. The summed E-state index contributed by atoms with van der Waals surface area (Å²) in [7, 11) is -0.417. The third-order valence-corrected chi connectivity index (χ3v) is 12.3. The van der Waals surface area contributed by atoms with Crippen molar-refractivity contribution in [3.63, 3.8) is 0 Å². The number of ether oxygens (including phenoxy) is 1. The number of benzene rings is 2. The molecule has 0 saturated carbocycles. The minimum absolute atomic E-state index is 0.150. The molecule has 2 aromatic rings. The summed E-state index contributed by atoms with van der Waals surface area (Å²) in [6.45, 7) is 19.0. The van der Waals surface area contributed by atoms with Gasteiger partial charge in [0.25, 0.3) is 5.91 Å². The molecule has 0 spiro atoms. The summed E-state index contributed by atoms with van der Waals surface area (Å²) in [4.78, 5) is 27.6. The minimum atomic E-state index is -1.78. The number of hydrogen-bond acceptors (Lipinski definition) is 5. The molecule has 1 N–H and O–H groups in total. The summed E-state index contributed by atoms with van der Waals surface area (Å²) in [6.07, 6.45) is 2.29. The molecule has 1 aliphatic rings. The fraction of sp³-hybridized carbons (Fsp3) is 0.517. The van der Waals surface area contributed by atoms with Gasteiger partial charge in [0.05, 0.1) is 12.7 Å². The minimum Gasteiger partial charge on any atom is -0.465 e. The molecule has 1 amide bonds. The number of esters is 1. The Morgan fingerprint density at radius 2 is 1.56 bits per heavy atom. The smallest absolute Gasteiger partial charge is 0.337 e. The Bertz CT molecular complexity index is 1110. The van der Waals surface area contributed by atoms with Gasteiger partial charge in [-0.3, -0.25) is 4.79 Å². The third kappa shape index (κ3) is 6.18. The van der Waals surface area contributed by atoms with Gasteiger partial charge in [-0.25, -0.2) is 4.79 Å². The molecule has 1 aliphatic heterocycles. The number of methoxy groups -OCH3 is 1. The molecule has 36 heavy (non-hydrogen) atoms. The lowest BCUT2D eigenvalue weighted by atomic mass is 10.0. The lowest BCUT2D eigenvalue weighted by Crippen LogP contribution is -2.47. The van der Waals surface area contributed by atoms with Gasteiger partial charge in [-0.1, -0.05) is 26.8 Å². The molecular formula is C29H42N2O4Si. The summed E-state index contributed by atoms with van der Waals surface area (Å²) in [5.41, 5.74) is 5.48. The summed E-state index contributed by atoms with van der Waals surface area (Å²) < 4.78 is 11.5. The predicted molar refractivity (Wildman–Crippen MR) is 150 cm³/mol. The van der Waals surface area contributed by atoms with Gasteiger partial charge in [0.15, 0.2) is 8.32 Å². The molecule has 0 bridgehead atoms. The van der Waals surface area contributed by atoms with Crippen LogP contribution >= 0.6 is 0 Å². The van der Waals surface area contributed by atoms with Crippen LogP contribution in [0.5, 0.6) is 0 Å². The predicted octanol–water partition coefficient (Wildman–Crippen LogP) is 6.64. The Labute approximate surface area is 217 Å². The second-order valence-corrected chi connectivity index (χ2v) is 16.3. The first kappa shape index (κ1) is 27.9. The van der Waals surface area contributed by atoms with E-state index >= 15 is 0 Å². The molecule has 0 aromatic heterocycles. The molecular weight excluding hydrogens is 468 g/mol. The van der Waals surface area contributed by atoms with Crippen molar-refractivity contribution in [2.75, 3.05) is 30.4 Å². The monoisotopic (exact) mass is 510 g/mol. The van der Waals surface area contributed by atoms with E-state index in [1.54, 1.807) is 12.1 Å². The van der Waals surface area contributed by atoms with Crippen LogP contribution in [0.15, 0.2) is 30.3 Å². The van der Waals surface area contributed by atoms with E-state index in [0.717, 1.165) is 54.0 Å². The van der Waals surface area contributed by atoms with Crippen LogP contribution in [0, 0.1) is 20.8 Å². The standard InChI is InChI=1S/C29H42N2O4Si/c1-19-10-11-23(31-14-12-24(13-15-31)35-36(8,9)29(4,5)6)18-25(19)27(32)30-26-20(2)16-22(17-21(26)3)28(33)34-7/h10-11,16-18,24H,12-15H2,1-9H3,(H,30,32). The highest BCUT2D eigenvalue weighted by Crippen LogP contribution is 2.38. The van der Waals surface area contributed by atoms with Crippen molar-refractivity contribution in [2.24, 2.45) is 0 Å². The average molecular weight is 511 g/mol. The Kier molecular flexibility index (Phi) is 8.36. The van der Waals surface area contributed by atoms with Crippen LogP contribution in [0.1, 0.15) is 71.0 Å². The number of rotatable bonds is 6. The zero-order valence-corrected chi connectivity index (χ0v) is 24.4. The van der Waals surface area contributed by atoms with Gasteiger partial charge in [-0.2, -0.15) is 0 Å². The number of aryl methyl sites for hydroxylation is 3. The average Bonchev–Trinajstić information content (AvgIpc) is 2.80. The third-order valence-electron chi connectivity index (χ3n) is 7.73. The van der Waals surface area contributed by atoms with Crippen LogP contribution in [-0.2, 0) is 9.16 Å². The van der Waals surface area contributed by atoms with E-state index in [4.69, 9.17) is 9.16 Å². The number of carbonyl (C=O) groups is 2. The van der Waals surface area contributed by atoms with E-state index in [1.165, 1.54) is 7.11 Å². The van der Waals surface area contributed by atoms with Gasteiger partial charge >= 0.3 is 5.97 Å². The molecule has 7 heteroatoms. The molecule has 0 radical (unpaired) electrons. The molecule has 1 saturated heterocycles. The Balaban J connectivity index is 1.72. The second-order valence-electron chi connectivity index (χ2n) is 11.5. The number of piperidine rings is 1. The zero-order chi connectivity index (χ0) is 26.8. The molecule has 0 aliphatic carbocycles. The number of carbonyl (C=O) groups excluding carboxylic acids is 2. The highest BCUT2D eigenvalue weighted by atomic mass is 28.4. The van der Waals surface area contributed by atoms with E-state index in [9.17, 15) is 9.59 Å². The van der Waals surface area contributed by atoms with Gasteiger partial charge in [-0.05, 0) is 92.7 Å². The largest absolute Gasteiger partial charge is 0.465 e. The Morgan fingerprint density at radius 3 is 2.08 bits per heavy atom. The van der Waals surface area contributed by atoms with Gasteiger partial charge in [0, 0.05) is 36.1 Å². The van der Waals surface area contributed by atoms with E-state index in [2.05, 4.69) is 50.1 Å². The van der Waals surface area contributed by atoms with E-state index < -0.39 is 8.32 Å². The van der Waals surface area contributed by atoms with Crippen LogP contribution in [0.25, 0.3) is 0 Å². The number of amides is 1. The van der Waals surface area contributed by atoms with Crippen LogP contribution in [0.2, 0.25) is 18.1 Å². The number of hydrogen-bond donors (Lipinski definition) is 1. The summed E-state index contributed by atoms with van der Waals surface area (Å²) in [6, 6.07) is 9.60. The fourth-order valence-corrected chi connectivity index (χ4v) is 5.88. The summed E-state index contributed by atoms with van der Waals surface area (Å²) >= 11 is 0. The molecule has 6 nitrogen and oxygen atoms in total. The summed E-state index contributed by atoms with van der Waals surface area (Å²) in [5, 5.41) is 3.28. The van der Waals surface area contributed by atoms with Crippen LogP contribution in [0.3, 0.4) is 0 Å². The zero-order valence-electron chi connectivity index (χ0n) is 23.4. The summed E-state index contributed by atoms with van der Waals surface area (Å²) in [5.74, 6) is -0.538. The molecule has 2 aromatic carbocycles. The van der Waals surface area contributed by atoms with Crippen molar-refractivity contribution >= 4 is 31.6 Å². The second kappa shape index (κ2) is 10.8. The van der Waals surface area contributed by atoms with Crippen LogP contribution < -0.4 is 10.2 Å². The maximum Gasteiger partial charge on any atom is 0.337 e. The maximum absolute atomic E-state index is 13.3. The topological polar surface area (TPSA) is 67.9 Å². The molecule has 3 rings (SSSR count). The normalized spacial score (nSPS) is 15.1.